The summed E-state index contributed by atoms with van der Waals surface area (Å²) < 4.78 is 0. The second kappa shape index (κ2) is 10.6. The van der Waals surface area contributed by atoms with Crippen LogP contribution in [0.5, 0.6) is 0 Å². The maximum Gasteiger partial charge on any atom is 0.300 e. The van der Waals surface area contributed by atoms with Crippen molar-refractivity contribution in [2.75, 3.05) is 5.32 Å². The molecule has 0 atom stereocenters. The van der Waals surface area contributed by atoms with E-state index in [2.05, 4.69) is 10.7 Å². The first-order valence-corrected chi connectivity index (χ1v) is 7.56. The van der Waals surface area contributed by atoms with E-state index >= 15 is 0 Å². The Bertz CT molecular complexity index is 696. The van der Waals surface area contributed by atoms with Crippen LogP contribution in [0.4, 0.5) is 5.69 Å². The number of hydrogen-bond acceptors (Lipinski definition) is 4. The number of nitrogens with two attached hydrogens (primary N) is 1. The second-order valence-corrected chi connectivity index (χ2v) is 5.10. The van der Waals surface area contributed by atoms with Gasteiger partial charge in [0.25, 0.3) is 11.9 Å². The molecule has 7 nitrogen and oxygen atoms in total. The molecule has 5 N–H and O–H groups in total. The van der Waals surface area contributed by atoms with Crippen LogP contribution in [0.2, 0.25) is 0 Å². The maximum atomic E-state index is 11.9. The summed E-state index contributed by atoms with van der Waals surface area (Å²) in [6.45, 7) is 1.08. The lowest BCUT2D eigenvalue weighted by molar-refractivity contribution is -0.134. The van der Waals surface area contributed by atoms with Gasteiger partial charge in [-0.2, -0.15) is 0 Å². The number of nitrogens with one attached hydrogen (secondary N) is 2. The van der Waals surface area contributed by atoms with Crippen molar-refractivity contribution in [3.05, 3.63) is 65.7 Å². The number of carbonyl (C=O) groups is 3. The zero-order valence-corrected chi connectivity index (χ0v) is 13.9. The Labute approximate surface area is 145 Å². The number of carboxylic acid groups (broad SMARTS) is 1. The topological polar surface area (TPSA) is 122 Å². The zero-order valence-electron chi connectivity index (χ0n) is 13.9. The number of hydrogen-bond donors (Lipinski definition) is 4. The molecular weight excluding hydrogens is 322 g/mol. The monoisotopic (exact) mass is 343 g/mol. The predicted molar refractivity (Wildman–Crippen MR) is 94.8 cm³/mol. The van der Waals surface area contributed by atoms with Crippen LogP contribution in [0, 0.1) is 0 Å². The van der Waals surface area contributed by atoms with E-state index in [1.165, 1.54) is 0 Å². The molecule has 25 heavy (non-hydrogen) atoms. The number of benzene rings is 2. The molecule has 0 saturated carbocycles. The van der Waals surface area contributed by atoms with Crippen molar-refractivity contribution in [2.24, 2.45) is 5.84 Å². The highest BCUT2D eigenvalue weighted by Gasteiger charge is 2.05. The third-order valence-corrected chi connectivity index (χ3v) is 3.05. The summed E-state index contributed by atoms with van der Waals surface area (Å²) in [4.78, 5) is 32.1. The maximum absolute atomic E-state index is 11.9. The molecule has 0 aliphatic rings. The van der Waals surface area contributed by atoms with Gasteiger partial charge in [-0.25, -0.2) is 5.84 Å². The molecule has 7 heteroatoms. The van der Waals surface area contributed by atoms with Crippen molar-refractivity contribution in [1.82, 2.24) is 5.43 Å². The molecule has 0 aliphatic carbocycles. The van der Waals surface area contributed by atoms with Gasteiger partial charge in [-0.3, -0.25) is 19.8 Å². The van der Waals surface area contributed by atoms with Gasteiger partial charge in [-0.05, 0) is 36.2 Å². The first kappa shape index (κ1) is 19.9. The standard InChI is InChI=1S/C16H17N3O2.C2H4O2/c17-19-16(21)13-7-9-14(10-8-13)18-15(20)11-6-12-4-2-1-3-5-12;1-2(3)4/h1-5,7-10H,6,11,17H2,(H,18,20)(H,19,21);1H3,(H,3,4). The average molecular weight is 343 g/mol. The summed E-state index contributed by atoms with van der Waals surface area (Å²) in [5.74, 6) is 3.79. The Morgan fingerprint density at radius 3 is 2.08 bits per heavy atom. The number of carboxylic acids is 1. The lowest BCUT2D eigenvalue weighted by atomic mass is 10.1. The average Bonchev–Trinajstić information content (AvgIpc) is 2.60. The fourth-order valence-electron chi connectivity index (χ4n) is 1.91. The number of anilines is 1. The summed E-state index contributed by atoms with van der Waals surface area (Å²) >= 11 is 0. The molecule has 0 unspecified atom stereocenters. The minimum Gasteiger partial charge on any atom is -0.481 e. The molecular formula is C18H21N3O4. The van der Waals surface area contributed by atoms with Crippen molar-refractivity contribution in [2.45, 2.75) is 19.8 Å². The summed E-state index contributed by atoms with van der Waals surface area (Å²) in [6.07, 6.45) is 1.11. The van der Waals surface area contributed by atoms with Gasteiger partial charge in [0.2, 0.25) is 5.91 Å². The van der Waals surface area contributed by atoms with E-state index in [4.69, 9.17) is 15.7 Å². The van der Waals surface area contributed by atoms with Gasteiger partial charge in [-0.1, -0.05) is 30.3 Å². The van der Waals surface area contributed by atoms with Gasteiger partial charge < -0.3 is 10.4 Å². The summed E-state index contributed by atoms with van der Waals surface area (Å²) in [6, 6.07) is 16.4. The smallest absolute Gasteiger partial charge is 0.300 e. The number of aliphatic carboxylic acids is 1. The quantitative estimate of drug-likeness (QED) is 0.375. The van der Waals surface area contributed by atoms with Crippen LogP contribution in [-0.4, -0.2) is 22.9 Å². The Morgan fingerprint density at radius 1 is 1.00 bits per heavy atom. The predicted octanol–water partition coefficient (Wildman–Crippen LogP) is 1.95. The molecule has 2 aromatic carbocycles. The van der Waals surface area contributed by atoms with Crippen molar-refractivity contribution >= 4 is 23.5 Å². The van der Waals surface area contributed by atoms with Gasteiger partial charge in [0.05, 0.1) is 0 Å². The van der Waals surface area contributed by atoms with E-state index in [1.807, 2.05) is 30.3 Å². The van der Waals surface area contributed by atoms with Crippen molar-refractivity contribution in [3.63, 3.8) is 0 Å². The first-order chi connectivity index (χ1) is 11.9. The molecule has 0 aromatic heterocycles. The molecule has 2 amide bonds. The van der Waals surface area contributed by atoms with Gasteiger partial charge in [-0.15, -0.1) is 0 Å². The zero-order chi connectivity index (χ0) is 18.7. The fourth-order valence-corrected chi connectivity index (χ4v) is 1.91. The highest BCUT2D eigenvalue weighted by Crippen LogP contribution is 2.10. The van der Waals surface area contributed by atoms with E-state index in [-0.39, 0.29) is 11.8 Å². The van der Waals surface area contributed by atoms with Crippen LogP contribution in [0.25, 0.3) is 0 Å². The molecule has 0 aliphatic heterocycles. The molecule has 2 aromatic rings. The summed E-state index contributed by atoms with van der Waals surface area (Å²) in [5, 5.41) is 10.2. The van der Waals surface area contributed by atoms with Crippen molar-refractivity contribution in [3.8, 4) is 0 Å². The lowest BCUT2D eigenvalue weighted by Crippen LogP contribution is -2.29. The van der Waals surface area contributed by atoms with Gasteiger partial charge in [0, 0.05) is 24.6 Å². The SMILES string of the molecule is CC(=O)O.NNC(=O)c1ccc(NC(=O)CCc2ccccc2)cc1. The van der Waals surface area contributed by atoms with Crippen LogP contribution >= 0.6 is 0 Å². The number of rotatable bonds is 5. The van der Waals surface area contributed by atoms with E-state index in [1.54, 1.807) is 24.3 Å². The third-order valence-electron chi connectivity index (χ3n) is 3.05. The van der Waals surface area contributed by atoms with E-state index in [0.29, 0.717) is 24.1 Å². The first-order valence-electron chi connectivity index (χ1n) is 7.56. The van der Waals surface area contributed by atoms with E-state index < -0.39 is 5.97 Å². The molecule has 2 rings (SSSR count). The molecule has 0 fully saturated rings. The molecule has 132 valence electrons. The van der Waals surface area contributed by atoms with Crippen LogP contribution in [0.3, 0.4) is 0 Å². The molecule has 0 heterocycles. The van der Waals surface area contributed by atoms with Crippen LogP contribution in [0.1, 0.15) is 29.3 Å². The van der Waals surface area contributed by atoms with Crippen molar-refractivity contribution in [1.29, 1.82) is 0 Å². The van der Waals surface area contributed by atoms with Gasteiger partial charge in [0.15, 0.2) is 0 Å². The molecule has 0 radical (unpaired) electrons. The van der Waals surface area contributed by atoms with Crippen LogP contribution in [-0.2, 0) is 16.0 Å². The highest BCUT2D eigenvalue weighted by atomic mass is 16.4. The van der Waals surface area contributed by atoms with Crippen LogP contribution in [0.15, 0.2) is 54.6 Å². The van der Waals surface area contributed by atoms with Crippen molar-refractivity contribution < 1.29 is 19.5 Å². The minimum atomic E-state index is -0.833. The number of aryl methyl sites for hydroxylation is 1. The number of nitrogen functional groups attached to an aromatic ring is 1. The Balaban J connectivity index is 0.000000705. The number of amides is 2. The number of carbonyl (C=O) groups excluding carboxylic acids is 2. The lowest BCUT2D eigenvalue weighted by Gasteiger charge is -2.06. The van der Waals surface area contributed by atoms with E-state index in [9.17, 15) is 9.59 Å². The third kappa shape index (κ3) is 8.29. The van der Waals surface area contributed by atoms with E-state index in [0.717, 1.165) is 12.5 Å². The van der Waals surface area contributed by atoms with Gasteiger partial charge >= 0.3 is 0 Å². The highest BCUT2D eigenvalue weighted by molar-refractivity contribution is 5.95. The van der Waals surface area contributed by atoms with Crippen LogP contribution < -0.4 is 16.6 Å². The largest absolute Gasteiger partial charge is 0.481 e. The Morgan fingerprint density at radius 2 is 1.56 bits per heavy atom. The molecule has 0 spiro atoms. The molecule has 0 bridgehead atoms. The fraction of sp³-hybridized carbons (Fsp3) is 0.167. The molecule has 0 saturated heterocycles. The Hall–Kier alpha value is -3.19. The summed E-state index contributed by atoms with van der Waals surface area (Å²) in [5.41, 5.74) is 4.28. The van der Waals surface area contributed by atoms with Gasteiger partial charge in [0.1, 0.15) is 0 Å². The summed E-state index contributed by atoms with van der Waals surface area (Å²) in [7, 11) is 0. The normalized spacial score (nSPS) is 9.36. The second-order valence-electron chi connectivity index (χ2n) is 5.10. The number of hydrazine groups is 1. The Kier molecular flexibility index (Phi) is 8.39. The minimum absolute atomic E-state index is 0.0603.